The highest BCUT2D eigenvalue weighted by Crippen LogP contribution is 2.12. The maximum atomic E-state index is 13.8. The Bertz CT molecular complexity index is 1310. The van der Waals surface area contributed by atoms with Gasteiger partial charge >= 0.3 is 0 Å². The molecule has 0 fully saturated rings. The van der Waals surface area contributed by atoms with Crippen LogP contribution in [0.5, 0.6) is 0 Å². The van der Waals surface area contributed by atoms with Crippen molar-refractivity contribution in [1.82, 2.24) is 25.1 Å². The smallest absolute Gasteiger partial charge is 0.293 e. The van der Waals surface area contributed by atoms with Gasteiger partial charge in [-0.3, -0.25) is 19.3 Å². The molecule has 2 aromatic heterocycles. The molecule has 0 bridgehead atoms. The fraction of sp³-hybridized carbons (Fsp3) is 0.217. The summed E-state index contributed by atoms with van der Waals surface area (Å²) in [5, 5.41) is 13.6. The minimum Gasteiger partial charge on any atom is -0.365 e. The predicted octanol–water partition coefficient (Wildman–Crippen LogP) is 2.54. The largest absolute Gasteiger partial charge is 0.365 e. The van der Waals surface area contributed by atoms with Gasteiger partial charge in [0.25, 0.3) is 5.56 Å². The Hall–Kier alpha value is -4.01. The second kappa shape index (κ2) is 9.42. The van der Waals surface area contributed by atoms with E-state index in [1.807, 2.05) is 18.2 Å². The lowest BCUT2D eigenvalue weighted by Crippen LogP contribution is -2.34. The lowest BCUT2D eigenvalue weighted by atomic mass is 10.1. The number of aryl methyl sites for hydroxylation is 1. The summed E-state index contributed by atoms with van der Waals surface area (Å²) < 4.78 is 15.1. The summed E-state index contributed by atoms with van der Waals surface area (Å²) in [6, 6.07) is 12.3. The third kappa shape index (κ3) is 4.83. The number of aromatic nitrogens is 4. The number of aromatic amines is 1. The van der Waals surface area contributed by atoms with E-state index in [9.17, 15) is 14.0 Å². The van der Waals surface area contributed by atoms with Crippen molar-refractivity contribution < 1.29 is 9.18 Å². The van der Waals surface area contributed by atoms with E-state index in [-0.39, 0.29) is 24.1 Å². The van der Waals surface area contributed by atoms with E-state index < -0.39 is 5.56 Å². The number of rotatable bonds is 8. The highest BCUT2D eigenvalue weighted by molar-refractivity contribution is 5.79. The van der Waals surface area contributed by atoms with Crippen LogP contribution in [-0.4, -0.2) is 32.2 Å². The number of H-pyrrole nitrogens is 1. The van der Waals surface area contributed by atoms with Crippen LogP contribution < -0.4 is 16.2 Å². The summed E-state index contributed by atoms with van der Waals surface area (Å²) in [7, 11) is 0. The monoisotopic (exact) mass is 434 g/mol. The lowest BCUT2D eigenvalue weighted by molar-refractivity contribution is -0.121. The first-order chi connectivity index (χ1) is 15.5. The molecule has 0 saturated carbocycles. The van der Waals surface area contributed by atoms with Crippen molar-refractivity contribution in [2.45, 2.75) is 26.4 Å². The molecule has 4 aromatic rings. The molecule has 0 saturated heterocycles. The van der Waals surface area contributed by atoms with Gasteiger partial charge < -0.3 is 10.6 Å². The Morgan fingerprint density at radius 1 is 1.19 bits per heavy atom. The zero-order valence-electron chi connectivity index (χ0n) is 17.6. The van der Waals surface area contributed by atoms with Crippen molar-refractivity contribution in [3.63, 3.8) is 0 Å². The molecule has 8 nitrogen and oxygen atoms in total. The summed E-state index contributed by atoms with van der Waals surface area (Å²) in [5.74, 6) is -0.441. The summed E-state index contributed by atoms with van der Waals surface area (Å²) in [6.45, 7) is 2.28. The average molecular weight is 434 g/mol. The standard InChI is InChI=1S/C23H23FN6O2/c1-15-11-27-22(25-9-8-17-4-2-3-5-19(17)24)23(32)30(15)14-21(31)26-12-16-6-7-20-18(10-16)13-28-29-20/h2-7,10-11,13H,8-9,12,14H2,1H3,(H,25,27)(H,26,31)(H,28,29). The molecular formula is C23H23FN6O2. The van der Waals surface area contributed by atoms with Crippen molar-refractivity contribution in [3.8, 4) is 0 Å². The van der Waals surface area contributed by atoms with Crippen molar-refractivity contribution in [2.24, 2.45) is 0 Å². The lowest BCUT2D eigenvalue weighted by Gasteiger charge is -2.13. The summed E-state index contributed by atoms with van der Waals surface area (Å²) in [6.07, 6.45) is 3.66. The molecule has 164 valence electrons. The number of halogens is 1. The van der Waals surface area contributed by atoms with E-state index in [0.717, 1.165) is 16.5 Å². The molecule has 0 atom stereocenters. The minimum atomic E-state index is -0.395. The predicted molar refractivity (Wildman–Crippen MR) is 120 cm³/mol. The fourth-order valence-corrected chi connectivity index (χ4v) is 3.41. The van der Waals surface area contributed by atoms with Gasteiger partial charge in [-0.1, -0.05) is 24.3 Å². The maximum Gasteiger partial charge on any atom is 0.293 e. The number of anilines is 1. The van der Waals surface area contributed by atoms with Crippen LogP contribution in [0.1, 0.15) is 16.8 Å². The number of carbonyl (C=O) groups is 1. The van der Waals surface area contributed by atoms with Crippen LogP contribution in [-0.2, 0) is 24.3 Å². The first kappa shape index (κ1) is 21.2. The van der Waals surface area contributed by atoms with Crippen molar-refractivity contribution in [3.05, 3.63) is 87.9 Å². The van der Waals surface area contributed by atoms with Gasteiger partial charge in [-0.2, -0.15) is 5.10 Å². The van der Waals surface area contributed by atoms with Gasteiger partial charge in [0.05, 0.1) is 11.7 Å². The van der Waals surface area contributed by atoms with Gasteiger partial charge in [0.15, 0.2) is 5.82 Å². The van der Waals surface area contributed by atoms with Gasteiger partial charge in [0.1, 0.15) is 12.4 Å². The van der Waals surface area contributed by atoms with E-state index in [0.29, 0.717) is 30.8 Å². The van der Waals surface area contributed by atoms with Crippen molar-refractivity contribution in [1.29, 1.82) is 0 Å². The van der Waals surface area contributed by atoms with Crippen LogP contribution in [0.15, 0.2) is 59.7 Å². The van der Waals surface area contributed by atoms with Crippen LogP contribution >= 0.6 is 0 Å². The topological polar surface area (TPSA) is 105 Å². The fourth-order valence-electron chi connectivity index (χ4n) is 3.41. The molecule has 1 amide bonds. The van der Waals surface area contributed by atoms with E-state index >= 15 is 0 Å². The number of nitrogens with zero attached hydrogens (tertiary/aromatic N) is 3. The van der Waals surface area contributed by atoms with Gasteiger partial charge in [-0.05, 0) is 42.7 Å². The molecule has 0 unspecified atom stereocenters. The number of benzene rings is 2. The zero-order chi connectivity index (χ0) is 22.5. The molecule has 32 heavy (non-hydrogen) atoms. The average Bonchev–Trinajstić information content (AvgIpc) is 3.26. The molecule has 2 aromatic carbocycles. The van der Waals surface area contributed by atoms with Crippen LogP contribution in [0.3, 0.4) is 0 Å². The third-order valence-electron chi connectivity index (χ3n) is 5.19. The first-order valence-electron chi connectivity index (χ1n) is 10.2. The molecule has 3 N–H and O–H groups in total. The van der Waals surface area contributed by atoms with Crippen LogP contribution in [0, 0.1) is 12.7 Å². The highest BCUT2D eigenvalue weighted by atomic mass is 19.1. The maximum absolute atomic E-state index is 13.8. The molecule has 2 heterocycles. The molecule has 0 radical (unpaired) electrons. The van der Waals surface area contributed by atoms with Gasteiger partial charge in [-0.15, -0.1) is 0 Å². The number of fused-ring (bicyclic) bond motifs is 1. The Morgan fingerprint density at radius 3 is 2.88 bits per heavy atom. The van der Waals surface area contributed by atoms with Gasteiger partial charge in [-0.25, -0.2) is 9.37 Å². The van der Waals surface area contributed by atoms with Crippen LogP contribution in [0.4, 0.5) is 10.2 Å². The zero-order valence-corrected chi connectivity index (χ0v) is 17.6. The number of hydrogen-bond acceptors (Lipinski definition) is 5. The quantitative estimate of drug-likeness (QED) is 0.395. The van der Waals surface area contributed by atoms with Gasteiger partial charge in [0, 0.05) is 30.4 Å². The Morgan fingerprint density at radius 2 is 2.03 bits per heavy atom. The molecule has 0 aliphatic carbocycles. The van der Waals surface area contributed by atoms with Crippen LogP contribution in [0.2, 0.25) is 0 Å². The molecular weight excluding hydrogens is 411 g/mol. The Kier molecular flexibility index (Phi) is 6.25. The third-order valence-corrected chi connectivity index (χ3v) is 5.19. The van der Waals surface area contributed by atoms with E-state index in [4.69, 9.17) is 0 Å². The van der Waals surface area contributed by atoms with Gasteiger partial charge in [0.2, 0.25) is 5.91 Å². The molecule has 0 spiro atoms. The van der Waals surface area contributed by atoms with E-state index in [1.54, 1.807) is 31.3 Å². The first-order valence-corrected chi connectivity index (χ1v) is 10.2. The van der Waals surface area contributed by atoms with E-state index in [1.165, 1.54) is 16.8 Å². The number of amides is 1. The second-order valence-corrected chi connectivity index (χ2v) is 7.48. The summed E-state index contributed by atoms with van der Waals surface area (Å²) in [4.78, 5) is 29.4. The molecule has 0 aliphatic rings. The van der Waals surface area contributed by atoms with Crippen molar-refractivity contribution >= 4 is 22.6 Å². The molecule has 9 heteroatoms. The highest BCUT2D eigenvalue weighted by Gasteiger charge is 2.12. The van der Waals surface area contributed by atoms with Crippen LogP contribution in [0.25, 0.3) is 10.9 Å². The molecule has 0 aliphatic heterocycles. The SMILES string of the molecule is Cc1cnc(NCCc2ccccc2F)c(=O)n1CC(=O)NCc1ccc2[nH]ncc2c1. The van der Waals surface area contributed by atoms with E-state index in [2.05, 4.69) is 25.8 Å². The number of hydrogen-bond donors (Lipinski definition) is 3. The second-order valence-electron chi connectivity index (χ2n) is 7.48. The number of nitrogens with one attached hydrogen (secondary N) is 3. The molecule has 4 rings (SSSR count). The normalized spacial score (nSPS) is 10.9. The number of carbonyl (C=O) groups excluding carboxylic acids is 1. The Balaban J connectivity index is 1.37. The summed E-state index contributed by atoms with van der Waals surface area (Å²) in [5.41, 5.74) is 2.59. The Labute approximate surface area is 183 Å². The summed E-state index contributed by atoms with van der Waals surface area (Å²) >= 11 is 0. The van der Waals surface area contributed by atoms with Crippen molar-refractivity contribution in [2.75, 3.05) is 11.9 Å². The minimum absolute atomic E-state index is 0.122.